The van der Waals surface area contributed by atoms with Gasteiger partial charge in [0.25, 0.3) is 5.91 Å². The van der Waals surface area contributed by atoms with Gasteiger partial charge in [0.15, 0.2) is 0 Å². The van der Waals surface area contributed by atoms with Gasteiger partial charge in [0.1, 0.15) is 10.3 Å². The summed E-state index contributed by atoms with van der Waals surface area (Å²) in [6.45, 7) is 1.89. The van der Waals surface area contributed by atoms with Crippen LogP contribution >= 0.6 is 27.5 Å². The molecule has 0 aliphatic carbocycles. The van der Waals surface area contributed by atoms with Crippen molar-refractivity contribution in [2.75, 3.05) is 0 Å². The molecule has 1 heterocycles. The van der Waals surface area contributed by atoms with Crippen LogP contribution in [0, 0.1) is 0 Å². The lowest BCUT2D eigenvalue weighted by Crippen LogP contribution is -2.27. The minimum Gasteiger partial charge on any atom is -0.344 e. The van der Waals surface area contributed by atoms with Crippen molar-refractivity contribution < 1.29 is 4.79 Å². The van der Waals surface area contributed by atoms with Gasteiger partial charge in [-0.05, 0) is 46.6 Å². The summed E-state index contributed by atoms with van der Waals surface area (Å²) in [7, 11) is 0. The fourth-order valence-corrected chi connectivity index (χ4v) is 2.35. The van der Waals surface area contributed by atoms with E-state index in [9.17, 15) is 4.79 Å². The molecule has 0 saturated carbocycles. The molecular formula is C14H12BrClN2O. The van der Waals surface area contributed by atoms with Gasteiger partial charge < -0.3 is 5.32 Å². The molecule has 0 spiro atoms. The molecule has 19 heavy (non-hydrogen) atoms. The lowest BCUT2D eigenvalue weighted by molar-refractivity contribution is 0.0934. The molecule has 0 bridgehead atoms. The van der Waals surface area contributed by atoms with Crippen molar-refractivity contribution in [3.05, 3.63) is 63.3 Å². The maximum Gasteiger partial charge on any atom is 0.270 e. The minimum atomic E-state index is -0.228. The SMILES string of the molecule is CC(NC(=O)c1cccc(Br)n1)c1ccccc1Cl. The van der Waals surface area contributed by atoms with E-state index in [0.717, 1.165) is 5.56 Å². The molecule has 0 radical (unpaired) electrons. The Hall–Kier alpha value is -1.39. The quantitative estimate of drug-likeness (QED) is 0.859. The third-order valence-electron chi connectivity index (χ3n) is 2.67. The highest BCUT2D eigenvalue weighted by atomic mass is 79.9. The van der Waals surface area contributed by atoms with E-state index < -0.39 is 0 Å². The molecule has 0 fully saturated rings. The Bertz CT molecular complexity index is 604. The molecule has 1 unspecified atom stereocenters. The van der Waals surface area contributed by atoms with E-state index in [1.54, 1.807) is 24.3 Å². The largest absolute Gasteiger partial charge is 0.344 e. The lowest BCUT2D eigenvalue weighted by Gasteiger charge is -2.15. The highest BCUT2D eigenvalue weighted by Gasteiger charge is 2.14. The second kappa shape index (κ2) is 6.17. The average Bonchev–Trinajstić information content (AvgIpc) is 2.39. The van der Waals surface area contributed by atoms with Crippen molar-refractivity contribution in [1.29, 1.82) is 0 Å². The number of rotatable bonds is 3. The second-order valence-corrected chi connectivity index (χ2v) is 5.28. The summed E-state index contributed by atoms with van der Waals surface area (Å²) in [4.78, 5) is 16.2. The van der Waals surface area contributed by atoms with Crippen LogP contribution in [0.3, 0.4) is 0 Å². The highest BCUT2D eigenvalue weighted by molar-refractivity contribution is 9.10. The number of nitrogens with zero attached hydrogens (tertiary/aromatic N) is 1. The summed E-state index contributed by atoms with van der Waals surface area (Å²) >= 11 is 9.34. The van der Waals surface area contributed by atoms with E-state index in [4.69, 9.17) is 11.6 Å². The fourth-order valence-electron chi connectivity index (χ4n) is 1.71. The van der Waals surface area contributed by atoms with Crippen LogP contribution in [0.25, 0.3) is 0 Å². The molecule has 1 N–H and O–H groups in total. The van der Waals surface area contributed by atoms with E-state index in [0.29, 0.717) is 15.3 Å². The Labute approximate surface area is 125 Å². The third kappa shape index (κ3) is 3.55. The predicted molar refractivity (Wildman–Crippen MR) is 79.3 cm³/mol. The number of halogens is 2. The first-order valence-electron chi connectivity index (χ1n) is 5.76. The summed E-state index contributed by atoms with van der Waals surface area (Å²) < 4.78 is 0.630. The van der Waals surface area contributed by atoms with Gasteiger partial charge in [-0.3, -0.25) is 4.79 Å². The van der Waals surface area contributed by atoms with Crippen LogP contribution in [-0.2, 0) is 0 Å². The molecule has 1 atom stereocenters. The van der Waals surface area contributed by atoms with Crippen LogP contribution in [-0.4, -0.2) is 10.9 Å². The highest BCUT2D eigenvalue weighted by Crippen LogP contribution is 2.22. The molecule has 3 nitrogen and oxygen atoms in total. The van der Waals surface area contributed by atoms with Crippen molar-refractivity contribution in [1.82, 2.24) is 10.3 Å². The van der Waals surface area contributed by atoms with Gasteiger partial charge in [0.2, 0.25) is 0 Å². The smallest absolute Gasteiger partial charge is 0.270 e. The van der Waals surface area contributed by atoms with Gasteiger partial charge >= 0.3 is 0 Å². The number of benzene rings is 1. The summed E-state index contributed by atoms with van der Waals surface area (Å²) in [5.74, 6) is -0.228. The van der Waals surface area contributed by atoms with Crippen LogP contribution < -0.4 is 5.32 Å². The Kier molecular flexibility index (Phi) is 4.56. The number of amides is 1. The number of hydrogen-bond donors (Lipinski definition) is 1. The van der Waals surface area contributed by atoms with E-state index in [1.807, 2.05) is 25.1 Å². The first-order chi connectivity index (χ1) is 9.08. The van der Waals surface area contributed by atoms with Crippen molar-refractivity contribution in [3.8, 4) is 0 Å². The van der Waals surface area contributed by atoms with E-state index in [1.165, 1.54) is 0 Å². The first-order valence-corrected chi connectivity index (χ1v) is 6.93. The third-order valence-corrected chi connectivity index (χ3v) is 3.45. The standard InChI is InChI=1S/C14H12BrClN2O/c1-9(10-5-2-3-6-11(10)16)17-14(19)12-7-4-8-13(15)18-12/h2-9H,1H3,(H,17,19). The average molecular weight is 340 g/mol. The van der Waals surface area contributed by atoms with Crippen LogP contribution in [0.2, 0.25) is 5.02 Å². The van der Waals surface area contributed by atoms with Crippen LogP contribution in [0.1, 0.15) is 29.0 Å². The zero-order valence-corrected chi connectivity index (χ0v) is 12.6. The van der Waals surface area contributed by atoms with Crippen molar-refractivity contribution in [2.24, 2.45) is 0 Å². The molecular weight excluding hydrogens is 328 g/mol. The molecule has 2 rings (SSSR count). The normalized spacial score (nSPS) is 11.9. The zero-order chi connectivity index (χ0) is 13.8. The number of pyridine rings is 1. The Morgan fingerprint density at radius 2 is 2.00 bits per heavy atom. The molecule has 98 valence electrons. The number of aromatic nitrogens is 1. The van der Waals surface area contributed by atoms with Gasteiger partial charge in [-0.25, -0.2) is 4.98 Å². The number of carbonyl (C=O) groups excluding carboxylic acids is 1. The predicted octanol–water partition coefficient (Wildman–Crippen LogP) is 3.99. The zero-order valence-electron chi connectivity index (χ0n) is 10.2. The number of hydrogen-bond acceptors (Lipinski definition) is 2. The van der Waals surface area contributed by atoms with Crippen LogP contribution in [0.15, 0.2) is 47.1 Å². The summed E-state index contributed by atoms with van der Waals surface area (Å²) in [5, 5.41) is 3.51. The van der Waals surface area contributed by atoms with E-state index in [2.05, 4.69) is 26.2 Å². The molecule has 2 aromatic rings. The Morgan fingerprint density at radius 1 is 1.26 bits per heavy atom. The molecule has 5 heteroatoms. The first kappa shape index (κ1) is 14.0. The molecule has 0 aliphatic heterocycles. The van der Waals surface area contributed by atoms with Crippen LogP contribution in [0.4, 0.5) is 0 Å². The van der Waals surface area contributed by atoms with Gasteiger partial charge in [0.05, 0.1) is 6.04 Å². The number of carbonyl (C=O) groups is 1. The molecule has 0 saturated heterocycles. The summed E-state index contributed by atoms with van der Waals surface area (Å²) in [5.41, 5.74) is 1.25. The maximum atomic E-state index is 12.1. The lowest BCUT2D eigenvalue weighted by atomic mass is 10.1. The maximum absolute atomic E-state index is 12.1. The van der Waals surface area contributed by atoms with Gasteiger partial charge in [-0.15, -0.1) is 0 Å². The van der Waals surface area contributed by atoms with Gasteiger partial charge in [-0.2, -0.15) is 0 Å². The fraction of sp³-hybridized carbons (Fsp3) is 0.143. The van der Waals surface area contributed by atoms with E-state index >= 15 is 0 Å². The molecule has 1 aromatic heterocycles. The van der Waals surface area contributed by atoms with Crippen molar-refractivity contribution >= 4 is 33.4 Å². The number of nitrogens with one attached hydrogen (secondary N) is 1. The van der Waals surface area contributed by atoms with Gasteiger partial charge in [-0.1, -0.05) is 35.9 Å². The Balaban J connectivity index is 2.13. The molecule has 1 amide bonds. The minimum absolute atomic E-state index is 0.179. The molecule has 0 aliphatic rings. The van der Waals surface area contributed by atoms with Crippen molar-refractivity contribution in [3.63, 3.8) is 0 Å². The monoisotopic (exact) mass is 338 g/mol. The summed E-state index contributed by atoms with van der Waals surface area (Å²) in [6, 6.07) is 12.5. The molecule has 1 aromatic carbocycles. The Morgan fingerprint density at radius 3 is 2.68 bits per heavy atom. The van der Waals surface area contributed by atoms with Crippen LogP contribution in [0.5, 0.6) is 0 Å². The van der Waals surface area contributed by atoms with Crippen molar-refractivity contribution in [2.45, 2.75) is 13.0 Å². The topological polar surface area (TPSA) is 42.0 Å². The second-order valence-electron chi connectivity index (χ2n) is 4.06. The van der Waals surface area contributed by atoms with Gasteiger partial charge in [0, 0.05) is 5.02 Å². The van der Waals surface area contributed by atoms with E-state index in [-0.39, 0.29) is 11.9 Å². The summed E-state index contributed by atoms with van der Waals surface area (Å²) in [6.07, 6.45) is 0.